The first-order valence-electron chi connectivity index (χ1n) is 6.81. The summed E-state index contributed by atoms with van der Waals surface area (Å²) in [5, 5.41) is 12.6. The van der Waals surface area contributed by atoms with Crippen LogP contribution in [0, 0.1) is 5.82 Å². The molecule has 0 spiro atoms. The number of halogens is 2. The lowest BCUT2D eigenvalue weighted by Gasteiger charge is -2.35. The number of nitrogens with zero attached hydrogens (tertiary/aromatic N) is 2. The lowest BCUT2D eigenvalue weighted by atomic mass is 10.2. The number of likely N-dealkylation sites (N-methyl/N-ethyl adjacent to an activating group) is 1. The van der Waals surface area contributed by atoms with E-state index in [1.807, 2.05) is 0 Å². The predicted molar refractivity (Wildman–Crippen MR) is 81.3 cm³/mol. The van der Waals surface area contributed by atoms with Crippen LogP contribution in [0.1, 0.15) is 0 Å². The van der Waals surface area contributed by atoms with Gasteiger partial charge in [0.15, 0.2) is 0 Å². The number of aliphatic hydroxyl groups is 1. The monoisotopic (exact) mass is 301 g/mol. The first kappa shape index (κ1) is 15.4. The Morgan fingerprint density at radius 3 is 2.70 bits per heavy atom. The van der Waals surface area contributed by atoms with Crippen LogP contribution < -0.4 is 10.2 Å². The minimum atomic E-state index is -0.639. The molecule has 0 aromatic heterocycles. The van der Waals surface area contributed by atoms with Gasteiger partial charge < -0.3 is 20.2 Å². The van der Waals surface area contributed by atoms with E-state index in [0.29, 0.717) is 12.2 Å². The molecule has 0 aliphatic carbocycles. The van der Waals surface area contributed by atoms with Crippen LogP contribution in [0.5, 0.6) is 0 Å². The molecule has 1 saturated heterocycles. The summed E-state index contributed by atoms with van der Waals surface area (Å²) in [4.78, 5) is 4.50. The topological polar surface area (TPSA) is 38.7 Å². The van der Waals surface area contributed by atoms with Gasteiger partial charge in [0, 0.05) is 32.7 Å². The van der Waals surface area contributed by atoms with Crippen molar-refractivity contribution < 1.29 is 9.50 Å². The Kier molecular flexibility index (Phi) is 5.46. The summed E-state index contributed by atoms with van der Waals surface area (Å²) >= 11 is 5.57. The zero-order valence-electron chi connectivity index (χ0n) is 11.6. The van der Waals surface area contributed by atoms with Crippen LogP contribution in [0.3, 0.4) is 0 Å². The van der Waals surface area contributed by atoms with Crippen molar-refractivity contribution in [1.29, 1.82) is 0 Å². The standard InChI is InChI=1S/C14H21ClFN3O/c1-18-4-6-19(7-5-18)14-3-2-11(16)8-13(14)17-10-12(20)9-15/h2-3,8,12,17,20H,4-7,9-10H2,1H3. The number of hydrogen-bond donors (Lipinski definition) is 2. The molecule has 1 aliphatic heterocycles. The van der Waals surface area contributed by atoms with E-state index >= 15 is 0 Å². The Balaban J connectivity index is 2.11. The molecule has 0 saturated carbocycles. The fraction of sp³-hybridized carbons (Fsp3) is 0.571. The SMILES string of the molecule is CN1CCN(c2ccc(F)cc2NCC(O)CCl)CC1. The number of nitrogens with one attached hydrogen (secondary N) is 1. The van der Waals surface area contributed by atoms with E-state index in [2.05, 4.69) is 22.2 Å². The van der Waals surface area contributed by atoms with Crippen LogP contribution in [0.2, 0.25) is 0 Å². The molecule has 0 radical (unpaired) electrons. The highest BCUT2D eigenvalue weighted by Gasteiger charge is 2.17. The molecule has 1 heterocycles. The summed E-state index contributed by atoms with van der Waals surface area (Å²) < 4.78 is 13.4. The van der Waals surface area contributed by atoms with E-state index in [-0.39, 0.29) is 11.7 Å². The quantitative estimate of drug-likeness (QED) is 0.810. The molecule has 4 nitrogen and oxygen atoms in total. The van der Waals surface area contributed by atoms with Crippen molar-refractivity contribution in [3.63, 3.8) is 0 Å². The first-order valence-corrected chi connectivity index (χ1v) is 7.34. The molecular formula is C14H21ClFN3O. The molecule has 1 aromatic rings. The molecule has 1 fully saturated rings. The van der Waals surface area contributed by atoms with E-state index < -0.39 is 6.10 Å². The summed E-state index contributed by atoms with van der Waals surface area (Å²) in [6.07, 6.45) is -0.639. The van der Waals surface area contributed by atoms with E-state index in [1.54, 1.807) is 6.07 Å². The van der Waals surface area contributed by atoms with Gasteiger partial charge in [0.05, 0.1) is 23.4 Å². The highest BCUT2D eigenvalue weighted by atomic mass is 35.5. The Bertz CT molecular complexity index is 438. The lowest BCUT2D eigenvalue weighted by molar-refractivity contribution is 0.211. The van der Waals surface area contributed by atoms with Crippen LogP contribution in [0.4, 0.5) is 15.8 Å². The average molecular weight is 302 g/mol. The van der Waals surface area contributed by atoms with Crippen LogP contribution in [0.25, 0.3) is 0 Å². The smallest absolute Gasteiger partial charge is 0.125 e. The summed E-state index contributed by atoms with van der Waals surface area (Å²) in [6.45, 7) is 4.11. The highest BCUT2D eigenvalue weighted by Crippen LogP contribution is 2.27. The molecule has 1 atom stereocenters. The van der Waals surface area contributed by atoms with E-state index in [1.165, 1.54) is 12.1 Å². The molecule has 1 aromatic carbocycles. The average Bonchev–Trinajstić information content (AvgIpc) is 2.46. The normalized spacial score (nSPS) is 18.1. The van der Waals surface area contributed by atoms with Crippen molar-refractivity contribution in [1.82, 2.24) is 4.90 Å². The second-order valence-electron chi connectivity index (χ2n) is 5.14. The van der Waals surface area contributed by atoms with Crippen LogP contribution >= 0.6 is 11.6 Å². The van der Waals surface area contributed by atoms with Gasteiger partial charge in [-0.25, -0.2) is 4.39 Å². The molecular weight excluding hydrogens is 281 g/mol. The molecule has 2 rings (SSSR count). The van der Waals surface area contributed by atoms with Gasteiger partial charge in [-0.2, -0.15) is 0 Å². The Labute approximate surface area is 124 Å². The Morgan fingerprint density at radius 1 is 1.35 bits per heavy atom. The van der Waals surface area contributed by atoms with Gasteiger partial charge >= 0.3 is 0 Å². The number of alkyl halides is 1. The van der Waals surface area contributed by atoms with Crippen LogP contribution in [-0.2, 0) is 0 Å². The van der Waals surface area contributed by atoms with Gasteiger partial charge in [-0.15, -0.1) is 11.6 Å². The third kappa shape index (κ3) is 3.98. The van der Waals surface area contributed by atoms with Gasteiger partial charge in [0.1, 0.15) is 5.82 Å². The first-order chi connectivity index (χ1) is 9.60. The Hall–Kier alpha value is -1.04. The maximum atomic E-state index is 13.4. The van der Waals surface area contributed by atoms with Crippen molar-refractivity contribution in [3.05, 3.63) is 24.0 Å². The minimum Gasteiger partial charge on any atom is -0.390 e. The van der Waals surface area contributed by atoms with Gasteiger partial charge in [-0.05, 0) is 25.2 Å². The van der Waals surface area contributed by atoms with Gasteiger partial charge in [0.2, 0.25) is 0 Å². The minimum absolute atomic E-state index is 0.159. The van der Waals surface area contributed by atoms with Gasteiger partial charge in [0.25, 0.3) is 0 Å². The van der Waals surface area contributed by atoms with Crippen molar-refractivity contribution in [2.24, 2.45) is 0 Å². The molecule has 0 amide bonds. The molecule has 112 valence electrons. The molecule has 2 N–H and O–H groups in total. The van der Waals surface area contributed by atoms with Crippen molar-refractivity contribution >= 4 is 23.0 Å². The maximum absolute atomic E-state index is 13.4. The highest BCUT2D eigenvalue weighted by molar-refractivity contribution is 6.18. The third-order valence-electron chi connectivity index (χ3n) is 3.51. The van der Waals surface area contributed by atoms with E-state index in [0.717, 1.165) is 31.9 Å². The van der Waals surface area contributed by atoms with Crippen molar-refractivity contribution in [2.75, 3.05) is 55.9 Å². The number of rotatable bonds is 5. The second kappa shape index (κ2) is 7.11. The fourth-order valence-electron chi connectivity index (χ4n) is 2.26. The number of hydrogen-bond acceptors (Lipinski definition) is 4. The largest absolute Gasteiger partial charge is 0.390 e. The number of piperazine rings is 1. The van der Waals surface area contributed by atoms with Gasteiger partial charge in [-0.1, -0.05) is 0 Å². The maximum Gasteiger partial charge on any atom is 0.125 e. The molecule has 20 heavy (non-hydrogen) atoms. The number of benzene rings is 1. The summed E-state index contributed by atoms with van der Waals surface area (Å²) in [5.74, 6) is -0.127. The van der Waals surface area contributed by atoms with Crippen molar-refractivity contribution in [3.8, 4) is 0 Å². The van der Waals surface area contributed by atoms with Crippen LogP contribution in [0.15, 0.2) is 18.2 Å². The molecule has 1 aliphatic rings. The van der Waals surface area contributed by atoms with Gasteiger partial charge in [-0.3, -0.25) is 0 Å². The third-order valence-corrected chi connectivity index (χ3v) is 3.87. The van der Waals surface area contributed by atoms with E-state index in [4.69, 9.17) is 11.6 Å². The molecule has 6 heteroatoms. The number of anilines is 2. The Morgan fingerprint density at radius 2 is 2.05 bits per heavy atom. The second-order valence-corrected chi connectivity index (χ2v) is 5.45. The van der Waals surface area contributed by atoms with Crippen LogP contribution in [-0.4, -0.2) is 61.8 Å². The molecule has 1 unspecified atom stereocenters. The summed E-state index contributed by atoms with van der Waals surface area (Å²) in [7, 11) is 2.10. The zero-order chi connectivity index (χ0) is 14.5. The molecule has 0 bridgehead atoms. The lowest BCUT2D eigenvalue weighted by Crippen LogP contribution is -2.44. The predicted octanol–water partition coefficient (Wildman–Crippen LogP) is 1.59. The zero-order valence-corrected chi connectivity index (χ0v) is 12.4. The fourth-order valence-corrected chi connectivity index (χ4v) is 2.36. The van der Waals surface area contributed by atoms with E-state index in [9.17, 15) is 9.50 Å². The summed E-state index contributed by atoms with van der Waals surface area (Å²) in [6, 6.07) is 4.72. The number of aliphatic hydroxyl groups excluding tert-OH is 1. The van der Waals surface area contributed by atoms with Crippen molar-refractivity contribution in [2.45, 2.75) is 6.10 Å². The summed E-state index contributed by atoms with van der Waals surface area (Å²) in [5.41, 5.74) is 1.68.